The van der Waals surface area contributed by atoms with E-state index in [2.05, 4.69) is 5.32 Å². The fraction of sp³-hybridized carbons (Fsp3) is 0.364. The average Bonchev–Trinajstić information content (AvgIpc) is 2.70. The van der Waals surface area contributed by atoms with E-state index in [9.17, 15) is 18.4 Å². The number of carbonyl (C=O) groups excluding carboxylic acids is 2. The molecule has 30 heavy (non-hydrogen) atoms. The Balaban J connectivity index is 2.17. The summed E-state index contributed by atoms with van der Waals surface area (Å²) >= 11 is 0. The van der Waals surface area contributed by atoms with Gasteiger partial charge in [-0.2, -0.15) is 0 Å². The van der Waals surface area contributed by atoms with E-state index in [-0.39, 0.29) is 17.0 Å². The predicted octanol–water partition coefficient (Wildman–Crippen LogP) is 4.04. The van der Waals surface area contributed by atoms with Crippen molar-refractivity contribution in [3.05, 3.63) is 59.2 Å². The number of halogens is 2. The Morgan fingerprint density at radius 1 is 0.933 bits per heavy atom. The highest BCUT2D eigenvalue weighted by Crippen LogP contribution is 2.24. The number of hydrogen-bond donors (Lipinski definition) is 1. The van der Waals surface area contributed by atoms with E-state index in [1.165, 1.54) is 39.3 Å². The second kappa shape index (κ2) is 10.0. The molecule has 0 aliphatic heterocycles. The van der Waals surface area contributed by atoms with E-state index >= 15 is 0 Å². The molecule has 2 rings (SSSR count). The molecule has 2 atom stereocenters. The Morgan fingerprint density at radius 3 is 2.03 bits per heavy atom. The van der Waals surface area contributed by atoms with Crippen LogP contribution in [0.4, 0.5) is 8.78 Å². The minimum atomic E-state index is -0.986. The number of benzene rings is 2. The number of methoxy groups -OCH3 is 2. The van der Waals surface area contributed by atoms with E-state index in [0.717, 1.165) is 12.1 Å². The van der Waals surface area contributed by atoms with Crippen LogP contribution >= 0.6 is 0 Å². The molecule has 0 bridgehead atoms. The topological polar surface area (TPSA) is 73.9 Å². The monoisotopic (exact) mass is 421 g/mol. The summed E-state index contributed by atoms with van der Waals surface area (Å²) in [5.41, 5.74) is 0.276. The smallest absolute Gasteiger partial charge is 0.329 e. The average molecular weight is 421 g/mol. The maximum atomic E-state index is 14.0. The Bertz CT molecular complexity index is 894. The molecule has 1 N–H and O–H groups in total. The van der Waals surface area contributed by atoms with Gasteiger partial charge in [-0.05, 0) is 37.1 Å². The number of rotatable bonds is 8. The quantitative estimate of drug-likeness (QED) is 0.652. The third-order valence-electron chi connectivity index (χ3n) is 4.51. The highest BCUT2D eigenvalue weighted by atomic mass is 19.1. The molecule has 2 aromatic rings. The molecule has 2 aromatic carbocycles. The Labute approximate surface area is 174 Å². The molecule has 0 heterocycles. The van der Waals surface area contributed by atoms with Crippen molar-refractivity contribution in [3.8, 4) is 11.5 Å². The lowest BCUT2D eigenvalue weighted by Gasteiger charge is -2.23. The van der Waals surface area contributed by atoms with Crippen LogP contribution in [0.15, 0.2) is 36.4 Å². The van der Waals surface area contributed by atoms with Crippen LogP contribution in [-0.2, 0) is 9.53 Å². The lowest BCUT2D eigenvalue weighted by Crippen LogP contribution is -2.45. The maximum Gasteiger partial charge on any atom is 0.329 e. The lowest BCUT2D eigenvalue weighted by molar-refractivity contribution is -0.152. The molecule has 0 saturated heterocycles. The number of hydrogen-bond acceptors (Lipinski definition) is 5. The van der Waals surface area contributed by atoms with Crippen LogP contribution in [0.25, 0.3) is 0 Å². The van der Waals surface area contributed by atoms with E-state index < -0.39 is 35.7 Å². The summed E-state index contributed by atoms with van der Waals surface area (Å²) in [6, 6.07) is 6.67. The number of carbonyl (C=O) groups is 2. The molecule has 0 radical (unpaired) electrons. The first-order valence-electron chi connectivity index (χ1n) is 9.35. The summed E-state index contributed by atoms with van der Waals surface area (Å²) in [4.78, 5) is 25.4. The van der Waals surface area contributed by atoms with E-state index in [1.54, 1.807) is 19.9 Å². The van der Waals surface area contributed by atoms with Gasteiger partial charge >= 0.3 is 5.97 Å². The standard InChI is InChI=1S/C22H25F2NO5/c1-12(2)20(22(27)30-13(3)18-7-6-15(23)10-19(18)24)25-21(26)14-8-16(28-4)11-17(9-14)29-5/h6-13,20H,1-5H3,(H,25,26)/t13?,20-/m0/s1. The number of nitrogens with one attached hydrogen (secondary N) is 1. The molecule has 1 unspecified atom stereocenters. The van der Waals surface area contributed by atoms with E-state index in [0.29, 0.717) is 11.5 Å². The predicted molar refractivity (Wildman–Crippen MR) is 107 cm³/mol. The van der Waals surface area contributed by atoms with E-state index in [1.807, 2.05) is 0 Å². The molecule has 6 nitrogen and oxygen atoms in total. The van der Waals surface area contributed by atoms with Gasteiger partial charge in [-0.15, -0.1) is 0 Å². The molecule has 162 valence electrons. The summed E-state index contributed by atoms with van der Waals surface area (Å²) in [5.74, 6) is -2.26. The third-order valence-corrected chi connectivity index (χ3v) is 4.51. The van der Waals surface area contributed by atoms with Gasteiger partial charge in [0.1, 0.15) is 35.3 Å². The zero-order chi connectivity index (χ0) is 22.4. The maximum absolute atomic E-state index is 14.0. The molecule has 0 aliphatic rings. The van der Waals surface area contributed by atoms with Crippen LogP contribution in [0, 0.1) is 17.6 Å². The van der Waals surface area contributed by atoms with Crippen molar-refractivity contribution < 1.29 is 32.6 Å². The molecule has 0 saturated carbocycles. The normalized spacial score (nSPS) is 12.8. The summed E-state index contributed by atoms with van der Waals surface area (Å²) in [7, 11) is 2.92. The van der Waals surface area contributed by atoms with Gasteiger partial charge in [-0.25, -0.2) is 13.6 Å². The third kappa shape index (κ3) is 5.68. The summed E-state index contributed by atoms with van der Waals surface area (Å²) < 4.78 is 42.7. The van der Waals surface area contributed by atoms with Crippen molar-refractivity contribution in [2.24, 2.45) is 5.92 Å². The zero-order valence-corrected chi connectivity index (χ0v) is 17.5. The molecule has 0 spiro atoms. The van der Waals surface area contributed by atoms with E-state index in [4.69, 9.17) is 14.2 Å². The van der Waals surface area contributed by atoms with Crippen LogP contribution in [-0.4, -0.2) is 32.1 Å². The molecule has 0 aromatic heterocycles. The summed E-state index contributed by atoms with van der Waals surface area (Å²) in [6.45, 7) is 4.95. The summed E-state index contributed by atoms with van der Waals surface area (Å²) in [5, 5.41) is 2.64. The van der Waals surface area contributed by atoms with Gasteiger partial charge in [0.05, 0.1) is 14.2 Å². The molecule has 0 aliphatic carbocycles. The zero-order valence-electron chi connectivity index (χ0n) is 17.5. The molecular weight excluding hydrogens is 396 g/mol. The molecule has 8 heteroatoms. The lowest BCUT2D eigenvalue weighted by atomic mass is 10.0. The Hall–Kier alpha value is -3.16. The largest absolute Gasteiger partial charge is 0.497 e. The van der Waals surface area contributed by atoms with Gasteiger partial charge in [0.25, 0.3) is 5.91 Å². The van der Waals surface area contributed by atoms with Crippen LogP contribution in [0.1, 0.15) is 42.8 Å². The molecule has 1 amide bonds. The van der Waals surface area contributed by atoms with Gasteiger partial charge in [-0.3, -0.25) is 4.79 Å². The van der Waals surface area contributed by atoms with Gasteiger partial charge in [0, 0.05) is 23.3 Å². The minimum absolute atomic E-state index is 0.0381. The first-order chi connectivity index (χ1) is 14.2. The number of ether oxygens (including phenoxy) is 3. The van der Waals surface area contributed by atoms with Crippen molar-refractivity contribution in [3.63, 3.8) is 0 Å². The fourth-order valence-electron chi connectivity index (χ4n) is 2.80. The highest BCUT2D eigenvalue weighted by molar-refractivity contribution is 5.97. The SMILES string of the molecule is COc1cc(OC)cc(C(=O)N[C@H](C(=O)OC(C)c2ccc(F)cc2F)C(C)C)c1. The van der Waals surface area contributed by atoms with Crippen molar-refractivity contribution in [1.29, 1.82) is 0 Å². The minimum Gasteiger partial charge on any atom is -0.497 e. The Kier molecular flexibility index (Phi) is 7.74. The highest BCUT2D eigenvalue weighted by Gasteiger charge is 2.29. The second-order valence-corrected chi connectivity index (χ2v) is 7.04. The van der Waals surface area contributed by atoms with Crippen molar-refractivity contribution >= 4 is 11.9 Å². The first-order valence-corrected chi connectivity index (χ1v) is 9.35. The van der Waals surface area contributed by atoms with Crippen molar-refractivity contribution in [1.82, 2.24) is 5.32 Å². The van der Waals surface area contributed by atoms with Crippen LogP contribution < -0.4 is 14.8 Å². The second-order valence-electron chi connectivity index (χ2n) is 7.04. The fourth-order valence-corrected chi connectivity index (χ4v) is 2.80. The Morgan fingerprint density at radius 2 is 1.53 bits per heavy atom. The van der Waals surface area contributed by atoms with Crippen LogP contribution in [0.3, 0.4) is 0 Å². The molecular formula is C22H25F2NO5. The molecule has 0 fully saturated rings. The van der Waals surface area contributed by atoms with Gasteiger partial charge in [0.15, 0.2) is 0 Å². The number of amides is 1. The van der Waals surface area contributed by atoms with Gasteiger partial charge in [0.2, 0.25) is 0 Å². The van der Waals surface area contributed by atoms with Crippen molar-refractivity contribution in [2.75, 3.05) is 14.2 Å². The van der Waals surface area contributed by atoms with Crippen LogP contribution in [0.2, 0.25) is 0 Å². The van der Waals surface area contributed by atoms with Gasteiger partial charge in [-0.1, -0.05) is 13.8 Å². The summed E-state index contributed by atoms with van der Waals surface area (Å²) in [6.07, 6.45) is -0.965. The van der Waals surface area contributed by atoms with Crippen molar-refractivity contribution in [2.45, 2.75) is 32.9 Å². The first kappa shape index (κ1) is 23.1. The van der Waals surface area contributed by atoms with Gasteiger partial charge < -0.3 is 19.5 Å². The number of esters is 1. The van der Waals surface area contributed by atoms with Crippen LogP contribution in [0.5, 0.6) is 11.5 Å².